The van der Waals surface area contributed by atoms with Crippen LogP contribution in [-0.2, 0) is 20.9 Å². The van der Waals surface area contributed by atoms with Crippen LogP contribution in [0.1, 0.15) is 95.6 Å². The largest absolute Gasteiger partial charge is 0.466 e. The zero-order valence-electron chi connectivity index (χ0n) is 26.0. The van der Waals surface area contributed by atoms with E-state index < -0.39 is 23.2 Å². The molecule has 1 N–H and O–H groups in total. The van der Waals surface area contributed by atoms with E-state index in [0.717, 1.165) is 73.0 Å². The summed E-state index contributed by atoms with van der Waals surface area (Å²) in [7, 11) is 0. The lowest BCUT2D eigenvalue weighted by Gasteiger charge is -2.27. The summed E-state index contributed by atoms with van der Waals surface area (Å²) in [6, 6.07) is 11.8. The molecule has 242 valence electrons. The third-order valence-corrected chi connectivity index (χ3v) is 8.77. The second-order valence-electron chi connectivity index (χ2n) is 12.0. The summed E-state index contributed by atoms with van der Waals surface area (Å²) in [5.41, 5.74) is -0.0999. The maximum atomic E-state index is 15.6. The van der Waals surface area contributed by atoms with Gasteiger partial charge in [-0.1, -0.05) is 62.4 Å². The van der Waals surface area contributed by atoms with E-state index in [4.69, 9.17) is 9.47 Å². The summed E-state index contributed by atoms with van der Waals surface area (Å²) in [6.07, 6.45) is 8.37. The number of amides is 1. The fraction of sp³-hybridized carbons (Fsp3) is 0.529. The van der Waals surface area contributed by atoms with Crippen molar-refractivity contribution >= 4 is 28.7 Å². The van der Waals surface area contributed by atoms with Crippen molar-refractivity contribution in [2.45, 2.75) is 103 Å². The third-order valence-electron chi connectivity index (χ3n) is 8.77. The first-order chi connectivity index (χ1) is 21.9. The molecular formula is C34H43FN4O6. The van der Waals surface area contributed by atoms with Crippen molar-refractivity contribution in [3.05, 3.63) is 74.7 Å². The van der Waals surface area contributed by atoms with Crippen molar-refractivity contribution in [2.75, 3.05) is 23.5 Å². The minimum Gasteiger partial charge on any atom is -0.466 e. The lowest BCUT2D eigenvalue weighted by molar-refractivity contribution is -0.143. The van der Waals surface area contributed by atoms with Gasteiger partial charge in [-0.2, -0.15) is 4.68 Å². The number of carbonyl (C=O) groups is 2. The Labute approximate surface area is 262 Å². The zero-order chi connectivity index (χ0) is 31.8. The van der Waals surface area contributed by atoms with Crippen LogP contribution in [0.15, 0.2) is 52.1 Å². The molecule has 0 unspecified atom stereocenters. The van der Waals surface area contributed by atoms with Crippen LogP contribution in [-0.4, -0.2) is 40.5 Å². The van der Waals surface area contributed by atoms with E-state index in [1.54, 1.807) is 29.7 Å². The fourth-order valence-electron chi connectivity index (χ4n) is 6.47. The maximum Gasteiger partial charge on any atom is 0.429 e. The maximum absolute atomic E-state index is 15.6. The highest BCUT2D eigenvalue weighted by atomic mass is 19.1. The topological polar surface area (TPSA) is 112 Å². The molecule has 1 aromatic heterocycles. The van der Waals surface area contributed by atoms with Crippen molar-refractivity contribution < 1.29 is 23.5 Å². The summed E-state index contributed by atoms with van der Waals surface area (Å²) >= 11 is 0. The Balaban J connectivity index is 1.54. The Morgan fingerprint density at radius 1 is 0.956 bits per heavy atom. The number of fused-ring (bicyclic) bond motifs is 1. The van der Waals surface area contributed by atoms with Gasteiger partial charge in [-0.3, -0.25) is 14.2 Å². The first-order valence-electron chi connectivity index (χ1n) is 16.3. The van der Waals surface area contributed by atoms with Gasteiger partial charge < -0.3 is 14.8 Å². The van der Waals surface area contributed by atoms with E-state index in [1.807, 2.05) is 18.2 Å². The number of unbranched alkanes of at least 4 members (excludes halogenated alkanes) is 1. The average molecular weight is 623 g/mol. The summed E-state index contributed by atoms with van der Waals surface area (Å²) in [4.78, 5) is 53.9. The van der Waals surface area contributed by atoms with E-state index >= 15 is 4.39 Å². The second-order valence-corrected chi connectivity index (χ2v) is 12.0. The van der Waals surface area contributed by atoms with Crippen molar-refractivity contribution in [3.8, 4) is 0 Å². The molecular weight excluding hydrogens is 579 g/mol. The summed E-state index contributed by atoms with van der Waals surface area (Å²) in [5, 5.41) is 4.33. The first-order valence-corrected chi connectivity index (χ1v) is 16.3. The van der Waals surface area contributed by atoms with Crippen molar-refractivity contribution in [2.24, 2.45) is 0 Å². The minimum atomic E-state index is -0.887. The van der Waals surface area contributed by atoms with Crippen molar-refractivity contribution in [3.63, 3.8) is 0 Å². The van der Waals surface area contributed by atoms with E-state index in [1.165, 1.54) is 6.07 Å². The molecule has 11 heteroatoms. The van der Waals surface area contributed by atoms with Gasteiger partial charge in [0.15, 0.2) is 0 Å². The number of anilines is 1. The highest BCUT2D eigenvalue weighted by Gasteiger charge is 2.29. The second kappa shape index (κ2) is 15.2. The molecule has 10 nitrogen and oxygen atoms in total. The number of hydrogen-bond acceptors (Lipinski definition) is 7. The molecule has 3 aromatic rings. The zero-order valence-corrected chi connectivity index (χ0v) is 26.0. The molecule has 1 amide bonds. The summed E-state index contributed by atoms with van der Waals surface area (Å²) in [6.45, 7) is 1.85. The molecule has 45 heavy (non-hydrogen) atoms. The lowest BCUT2D eigenvalue weighted by Crippen LogP contribution is -2.56. The summed E-state index contributed by atoms with van der Waals surface area (Å²) in [5.74, 6) is -0.948. The molecule has 5 rings (SSSR count). The van der Waals surface area contributed by atoms with Gasteiger partial charge in [-0.25, -0.2) is 19.0 Å². The van der Waals surface area contributed by atoms with Crippen LogP contribution in [0.3, 0.4) is 0 Å². The van der Waals surface area contributed by atoms with E-state index in [-0.39, 0.29) is 55.3 Å². The number of nitrogens with zero attached hydrogens (tertiary/aromatic N) is 3. The van der Waals surface area contributed by atoms with Gasteiger partial charge in [-0.15, -0.1) is 0 Å². The van der Waals surface area contributed by atoms with Crippen LogP contribution in [0.4, 0.5) is 14.9 Å². The van der Waals surface area contributed by atoms with Crippen LogP contribution in [0.25, 0.3) is 10.9 Å². The van der Waals surface area contributed by atoms with E-state index in [2.05, 4.69) is 5.32 Å². The lowest BCUT2D eigenvalue weighted by atomic mass is 9.95. The predicted octanol–water partition coefficient (Wildman–Crippen LogP) is 6.17. The van der Waals surface area contributed by atoms with Crippen LogP contribution in [0, 0.1) is 5.82 Å². The third kappa shape index (κ3) is 7.75. The molecule has 2 aromatic carbocycles. The molecule has 2 saturated carbocycles. The molecule has 2 aliphatic rings. The summed E-state index contributed by atoms with van der Waals surface area (Å²) < 4.78 is 28.5. The molecule has 2 aliphatic carbocycles. The van der Waals surface area contributed by atoms with Gasteiger partial charge in [0.1, 0.15) is 12.4 Å². The Bertz CT molecular complexity index is 1590. The normalized spacial score (nSPS) is 15.7. The van der Waals surface area contributed by atoms with Crippen LogP contribution >= 0.6 is 0 Å². The number of rotatable bonds is 12. The molecule has 0 atom stereocenters. The van der Waals surface area contributed by atoms with Crippen molar-refractivity contribution in [1.82, 2.24) is 9.24 Å². The Morgan fingerprint density at radius 2 is 1.67 bits per heavy atom. The Kier molecular flexibility index (Phi) is 10.9. The molecule has 0 aliphatic heterocycles. The first kappa shape index (κ1) is 32.2. The highest BCUT2D eigenvalue weighted by Crippen LogP contribution is 2.32. The van der Waals surface area contributed by atoms with Crippen LogP contribution in [0.5, 0.6) is 0 Å². The highest BCUT2D eigenvalue weighted by molar-refractivity contribution is 5.84. The smallest absolute Gasteiger partial charge is 0.429 e. The Morgan fingerprint density at radius 3 is 2.38 bits per heavy atom. The van der Waals surface area contributed by atoms with Gasteiger partial charge >= 0.3 is 17.8 Å². The number of carbonyl (C=O) groups excluding carboxylic acids is 2. The van der Waals surface area contributed by atoms with Crippen LogP contribution < -0.4 is 21.6 Å². The standard InChI is InChI=1S/C34H43FN4O6/c1-2-44-31(40)19-11-12-20-37(34(43)45-23-24-13-5-3-6-14-24)39-32(41)27-21-28(35)29(36-25-15-7-4-8-16-25)22-30(27)38(33(39)42)26-17-9-10-18-26/h3,5-6,13-14,21-22,25-26,36H,2,4,7-12,15-20,23H2,1H3. The number of nitrogens with one attached hydrogen (secondary N) is 1. The Hall–Kier alpha value is -4.15. The van der Waals surface area contributed by atoms with Gasteiger partial charge in [0.2, 0.25) is 0 Å². The molecule has 0 bridgehead atoms. The predicted molar refractivity (Wildman–Crippen MR) is 171 cm³/mol. The number of ether oxygens (including phenoxy) is 2. The van der Waals surface area contributed by atoms with Gasteiger partial charge in [0.05, 0.1) is 23.2 Å². The van der Waals surface area contributed by atoms with Gasteiger partial charge in [0, 0.05) is 25.0 Å². The molecule has 2 fully saturated rings. The monoisotopic (exact) mass is 622 g/mol. The van der Waals surface area contributed by atoms with E-state index in [0.29, 0.717) is 18.4 Å². The quantitative estimate of drug-likeness (QED) is 0.190. The number of benzene rings is 2. The van der Waals surface area contributed by atoms with Gasteiger partial charge in [-0.05, 0) is 63.1 Å². The fourth-order valence-corrected chi connectivity index (χ4v) is 6.47. The SMILES string of the molecule is CCOC(=O)CCCCN(C(=O)OCc1ccccc1)n1c(=O)c2cc(F)c(NC3CCCCC3)cc2n(C2CCCC2)c1=O. The number of esters is 1. The molecule has 0 spiro atoms. The number of halogens is 1. The number of aromatic nitrogens is 2. The molecule has 1 heterocycles. The van der Waals surface area contributed by atoms with Gasteiger partial charge in [0.25, 0.3) is 5.56 Å². The minimum absolute atomic E-state index is 0.0144. The number of hydrogen-bond donors (Lipinski definition) is 1. The van der Waals surface area contributed by atoms with E-state index in [9.17, 15) is 19.2 Å². The molecule has 0 radical (unpaired) electrons. The van der Waals surface area contributed by atoms with Crippen LogP contribution in [0.2, 0.25) is 0 Å². The molecule has 0 saturated heterocycles. The van der Waals surface area contributed by atoms with Crippen molar-refractivity contribution in [1.29, 1.82) is 0 Å². The average Bonchev–Trinajstić information content (AvgIpc) is 3.58.